The van der Waals surface area contributed by atoms with Crippen LogP contribution in [0.2, 0.25) is 0 Å². The molecule has 0 bridgehead atoms. The van der Waals surface area contributed by atoms with E-state index in [1.807, 2.05) is 0 Å². The van der Waals surface area contributed by atoms with E-state index in [2.05, 4.69) is 40.7 Å². The van der Waals surface area contributed by atoms with Crippen LogP contribution in [0.1, 0.15) is 55.4 Å². The zero-order chi connectivity index (χ0) is 12.6. The highest BCUT2D eigenvalue weighted by Crippen LogP contribution is 2.40. The van der Waals surface area contributed by atoms with Crippen molar-refractivity contribution in [3.63, 3.8) is 0 Å². The molecule has 1 aliphatic heterocycles. The number of fused-ring (bicyclic) bond motifs is 1. The van der Waals surface area contributed by atoms with E-state index in [1.54, 1.807) is 0 Å². The summed E-state index contributed by atoms with van der Waals surface area (Å²) in [6, 6.07) is 2.29. The lowest BCUT2D eigenvalue weighted by Crippen LogP contribution is -2.36. The average molecular weight is 232 g/mol. The second kappa shape index (κ2) is 4.36. The van der Waals surface area contributed by atoms with Gasteiger partial charge < -0.3 is 4.74 Å². The molecule has 2 rings (SSSR count). The lowest BCUT2D eigenvalue weighted by molar-refractivity contribution is 0.0544. The molecule has 0 radical (unpaired) electrons. The largest absolute Gasteiger partial charge is 0.487 e. The first-order valence-corrected chi connectivity index (χ1v) is 6.75. The second-order valence-electron chi connectivity index (χ2n) is 5.75. The Kier molecular flexibility index (Phi) is 3.20. The summed E-state index contributed by atoms with van der Waals surface area (Å²) in [7, 11) is 0. The molecule has 0 aliphatic carbocycles. The molecule has 0 N–H and O–H groups in total. The lowest BCUT2D eigenvalue weighted by atomic mass is 9.85. The maximum absolute atomic E-state index is 6.35. The van der Waals surface area contributed by atoms with Crippen LogP contribution in [0.25, 0.3) is 0 Å². The van der Waals surface area contributed by atoms with Gasteiger partial charge in [0.1, 0.15) is 11.4 Å². The maximum Gasteiger partial charge on any atom is 0.126 e. The predicted molar refractivity (Wildman–Crippen MR) is 72.9 cm³/mol. The van der Waals surface area contributed by atoms with Crippen LogP contribution < -0.4 is 4.74 Å². The summed E-state index contributed by atoms with van der Waals surface area (Å²) in [6.45, 7) is 11.1. The van der Waals surface area contributed by atoms with Gasteiger partial charge in [0.2, 0.25) is 0 Å². The summed E-state index contributed by atoms with van der Waals surface area (Å²) in [4.78, 5) is 0. The summed E-state index contributed by atoms with van der Waals surface area (Å²) in [5.74, 6) is 1.17. The highest BCUT2D eigenvalue weighted by molar-refractivity contribution is 5.51. The van der Waals surface area contributed by atoms with E-state index >= 15 is 0 Å². The van der Waals surface area contributed by atoms with Gasteiger partial charge in [0.15, 0.2) is 0 Å². The predicted octanol–water partition coefficient (Wildman–Crippen LogP) is 4.50. The normalized spacial score (nSPS) is 23.1. The summed E-state index contributed by atoms with van der Waals surface area (Å²) in [5.41, 5.74) is 5.55. The van der Waals surface area contributed by atoms with E-state index in [9.17, 15) is 0 Å². The third kappa shape index (κ3) is 2.20. The summed E-state index contributed by atoms with van der Waals surface area (Å²) in [5, 5.41) is 0. The maximum atomic E-state index is 6.35. The third-order valence-electron chi connectivity index (χ3n) is 4.15. The Labute approximate surface area is 105 Å². The van der Waals surface area contributed by atoms with Crippen LogP contribution >= 0.6 is 0 Å². The smallest absolute Gasteiger partial charge is 0.126 e. The minimum Gasteiger partial charge on any atom is -0.487 e. The van der Waals surface area contributed by atoms with Crippen LogP contribution in [0.15, 0.2) is 6.07 Å². The Morgan fingerprint density at radius 1 is 1.24 bits per heavy atom. The number of aryl methyl sites for hydroxylation is 2. The second-order valence-corrected chi connectivity index (χ2v) is 5.75. The molecule has 0 fully saturated rings. The number of hydrogen-bond acceptors (Lipinski definition) is 1. The van der Waals surface area contributed by atoms with E-state index < -0.39 is 0 Å². The number of hydrogen-bond donors (Lipinski definition) is 0. The molecule has 0 saturated heterocycles. The Morgan fingerprint density at radius 2 is 1.94 bits per heavy atom. The van der Waals surface area contributed by atoms with Crippen LogP contribution in [0.4, 0.5) is 0 Å². The molecule has 1 nitrogen and oxygen atoms in total. The average Bonchev–Trinajstić information content (AvgIpc) is 2.26. The SMILES string of the molecule is CCC[C@]1(C)CCc2c(C)cc(C)c(C)c2O1. The molecule has 0 spiro atoms. The van der Waals surface area contributed by atoms with Crippen LogP contribution in [0.3, 0.4) is 0 Å². The fourth-order valence-electron chi connectivity index (χ4n) is 2.95. The zero-order valence-electron chi connectivity index (χ0n) is 11.8. The first kappa shape index (κ1) is 12.5. The van der Waals surface area contributed by atoms with Crippen molar-refractivity contribution >= 4 is 0 Å². The van der Waals surface area contributed by atoms with E-state index in [-0.39, 0.29) is 5.60 Å². The molecular formula is C16H24O. The van der Waals surface area contributed by atoms with E-state index in [0.29, 0.717) is 0 Å². The molecule has 1 atom stereocenters. The fraction of sp³-hybridized carbons (Fsp3) is 0.625. The standard InChI is InChI=1S/C16H24O/c1-6-8-16(5)9-7-14-12(3)10-11(2)13(4)15(14)17-16/h10H,6-9H2,1-5H3/t16-/m1/s1. The van der Waals surface area contributed by atoms with Crippen molar-refractivity contribution in [2.75, 3.05) is 0 Å². The Bertz CT molecular complexity index is 434. The van der Waals surface area contributed by atoms with Crippen molar-refractivity contribution in [3.05, 3.63) is 28.3 Å². The topological polar surface area (TPSA) is 9.23 Å². The number of rotatable bonds is 2. The first-order valence-electron chi connectivity index (χ1n) is 6.75. The van der Waals surface area contributed by atoms with Gasteiger partial charge in [0.25, 0.3) is 0 Å². The van der Waals surface area contributed by atoms with Gasteiger partial charge in [0, 0.05) is 0 Å². The highest BCUT2D eigenvalue weighted by Gasteiger charge is 2.32. The molecule has 0 saturated carbocycles. The molecule has 0 amide bonds. The first-order chi connectivity index (χ1) is 7.97. The van der Waals surface area contributed by atoms with Crippen LogP contribution in [0, 0.1) is 20.8 Å². The van der Waals surface area contributed by atoms with Crippen molar-refractivity contribution in [2.45, 2.75) is 65.9 Å². The van der Waals surface area contributed by atoms with Gasteiger partial charge in [-0.15, -0.1) is 0 Å². The quantitative estimate of drug-likeness (QED) is 0.729. The molecule has 1 heterocycles. The Hall–Kier alpha value is -0.980. The van der Waals surface area contributed by atoms with Gasteiger partial charge in [-0.25, -0.2) is 0 Å². The molecule has 1 heteroatoms. The monoisotopic (exact) mass is 232 g/mol. The van der Waals surface area contributed by atoms with Crippen molar-refractivity contribution in [1.82, 2.24) is 0 Å². The third-order valence-corrected chi connectivity index (χ3v) is 4.15. The van der Waals surface area contributed by atoms with Crippen LogP contribution in [0.5, 0.6) is 5.75 Å². The molecule has 1 aromatic carbocycles. The molecule has 0 unspecified atom stereocenters. The summed E-state index contributed by atoms with van der Waals surface area (Å²) < 4.78 is 6.35. The van der Waals surface area contributed by atoms with Crippen LogP contribution in [-0.4, -0.2) is 5.60 Å². The number of benzene rings is 1. The van der Waals surface area contributed by atoms with Crippen molar-refractivity contribution in [2.24, 2.45) is 0 Å². The van der Waals surface area contributed by atoms with E-state index in [0.717, 1.165) is 12.8 Å². The van der Waals surface area contributed by atoms with Gasteiger partial charge >= 0.3 is 0 Å². The molecule has 17 heavy (non-hydrogen) atoms. The fourth-order valence-corrected chi connectivity index (χ4v) is 2.95. The summed E-state index contributed by atoms with van der Waals surface area (Å²) >= 11 is 0. The number of ether oxygens (including phenoxy) is 1. The Balaban J connectivity index is 2.43. The minimum absolute atomic E-state index is 0.0484. The van der Waals surface area contributed by atoms with Gasteiger partial charge in [-0.1, -0.05) is 19.4 Å². The molecule has 94 valence electrons. The van der Waals surface area contributed by atoms with Gasteiger partial charge in [-0.3, -0.25) is 0 Å². The zero-order valence-corrected chi connectivity index (χ0v) is 11.8. The van der Waals surface area contributed by atoms with E-state index in [1.165, 1.54) is 40.8 Å². The molecule has 0 aromatic heterocycles. The van der Waals surface area contributed by atoms with Crippen molar-refractivity contribution < 1.29 is 4.74 Å². The van der Waals surface area contributed by atoms with E-state index in [4.69, 9.17) is 4.74 Å². The lowest BCUT2D eigenvalue weighted by Gasteiger charge is -2.37. The highest BCUT2D eigenvalue weighted by atomic mass is 16.5. The summed E-state index contributed by atoms with van der Waals surface area (Å²) in [6.07, 6.45) is 4.66. The van der Waals surface area contributed by atoms with Crippen molar-refractivity contribution in [3.8, 4) is 5.75 Å². The Morgan fingerprint density at radius 3 is 2.59 bits per heavy atom. The molecule has 1 aromatic rings. The molecule has 1 aliphatic rings. The van der Waals surface area contributed by atoms with Gasteiger partial charge in [-0.05, 0) is 69.2 Å². The van der Waals surface area contributed by atoms with Gasteiger partial charge in [0.05, 0.1) is 0 Å². The van der Waals surface area contributed by atoms with Gasteiger partial charge in [-0.2, -0.15) is 0 Å². The van der Waals surface area contributed by atoms with Crippen molar-refractivity contribution in [1.29, 1.82) is 0 Å². The van der Waals surface area contributed by atoms with Crippen LogP contribution in [-0.2, 0) is 6.42 Å². The molecular weight excluding hydrogens is 208 g/mol. The minimum atomic E-state index is 0.0484.